The molecule has 0 aliphatic carbocycles. The number of halogens is 3. The van der Waals surface area contributed by atoms with Gasteiger partial charge in [-0.3, -0.25) is 0 Å². The van der Waals surface area contributed by atoms with Crippen molar-refractivity contribution in [3.05, 3.63) is 52.1 Å². The van der Waals surface area contributed by atoms with Gasteiger partial charge in [-0.25, -0.2) is 18.3 Å². The standard InChI is InChI=1S/C16H14BrF2N5/c17-14-15(20)22-24-7-5-13(21-16(14)24)23-6-1-2-12(23)10-8-9(18)3-4-11(10)19/h3-5,7-8,12H,1-2,6H2,(H2,20,22)/t12-/m1/s1. The smallest absolute Gasteiger partial charge is 0.173 e. The fourth-order valence-corrected chi connectivity index (χ4v) is 3.55. The van der Waals surface area contributed by atoms with Crippen LogP contribution in [0.25, 0.3) is 5.65 Å². The third-order valence-electron chi connectivity index (χ3n) is 4.30. The predicted molar refractivity (Wildman–Crippen MR) is 90.8 cm³/mol. The average Bonchev–Trinajstić information content (AvgIpc) is 3.15. The van der Waals surface area contributed by atoms with Gasteiger partial charge in [-0.05, 0) is 53.0 Å². The molecule has 1 fully saturated rings. The maximum atomic E-state index is 14.2. The maximum absolute atomic E-state index is 14.2. The van der Waals surface area contributed by atoms with Crippen LogP contribution in [0.5, 0.6) is 0 Å². The lowest BCUT2D eigenvalue weighted by Gasteiger charge is -2.26. The molecule has 0 amide bonds. The zero-order chi connectivity index (χ0) is 16.8. The molecule has 1 aliphatic heterocycles. The van der Waals surface area contributed by atoms with Gasteiger partial charge in [-0.15, -0.1) is 5.10 Å². The molecule has 3 aromatic rings. The van der Waals surface area contributed by atoms with E-state index in [1.807, 2.05) is 4.90 Å². The summed E-state index contributed by atoms with van der Waals surface area (Å²) in [6.07, 6.45) is 3.39. The van der Waals surface area contributed by atoms with Crippen molar-refractivity contribution in [2.45, 2.75) is 18.9 Å². The molecule has 1 saturated heterocycles. The van der Waals surface area contributed by atoms with E-state index in [9.17, 15) is 8.78 Å². The molecular formula is C16H14BrF2N5. The van der Waals surface area contributed by atoms with Gasteiger partial charge in [0, 0.05) is 18.3 Å². The van der Waals surface area contributed by atoms with Gasteiger partial charge in [0.25, 0.3) is 0 Å². The summed E-state index contributed by atoms with van der Waals surface area (Å²) in [7, 11) is 0. The molecule has 4 rings (SSSR count). The second-order valence-corrected chi connectivity index (χ2v) is 6.56. The summed E-state index contributed by atoms with van der Waals surface area (Å²) >= 11 is 3.38. The second-order valence-electron chi connectivity index (χ2n) is 5.77. The number of anilines is 2. The summed E-state index contributed by atoms with van der Waals surface area (Å²) in [6.45, 7) is 0.727. The monoisotopic (exact) mass is 393 g/mol. The van der Waals surface area contributed by atoms with E-state index in [4.69, 9.17) is 5.73 Å². The Balaban J connectivity index is 1.77. The van der Waals surface area contributed by atoms with Gasteiger partial charge >= 0.3 is 0 Å². The first-order chi connectivity index (χ1) is 11.5. The molecule has 0 radical (unpaired) electrons. The third kappa shape index (κ3) is 2.41. The van der Waals surface area contributed by atoms with Gasteiger partial charge in [0.2, 0.25) is 0 Å². The Kier molecular flexibility index (Phi) is 3.64. The molecule has 1 aliphatic rings. The molecule has 2 aromatic heterocycles. The molecule has 24 heavy (non-hydrogen) atoms. The largest absolute Gasteiger partial charge is 0.381 e. The highest BCUT2D eigenvalue weighted by Crippen LogP contribution is 2.37. The Morgan fingerprint density at radius 3 is 2.92 bits per heavy atom. The van der Waals surface area contributed by atoms with Crippen molar-refractivity contribution in [2.75, 3.05) is 17.2 Å². The van der Waals surface area contributed by atoms with E-state index < -0.39 is 11.6 Å². The normalized spacial score (nSPS) is 17.8. The zero-order valence-corrected chi connectivity index (χ0v) is 14.2. The first-order valence-corrected chi connectivity index (χ1v) is 8.36. The van der Waals surface area contributed by atoms with Crippen LogP contribution < -0.4 is 10.6 Å². The lowest BCUT2D eigenvalue weighted by Crippen LogP contribution is -2.24. The van der Waals surface area contributed by atoms with E-state index in [0.717, 1.165) is 25.5 Å². The number of nitrogens with two attached hydrogens (primary N) is 1. The Hall–Kier alpha value is -2.22. The van der Waals surface area contributed by atoms with Crippen LogP contribution >= 0.6 is 15.9 Å². The Morgan fingerprint density at radius 2 is 2.08 bits per heavy atom. The Labute approximate surface area is 145 Å². The highest BCUT2D eigenvalue weighted by atomic mass is 79.9. The summed E-state index contributed by atoms with van der Waals surface area (Å²) in [5, 5.41) is 4.14. The van der Waals surface area contributed by atoms with E-state index in [1.165, 1.54) is 12.1 Å². The molecule has 0 unspecified atom stereocenters. The van der Waals surface area contributed by atoms with Crippen LogP contribution in [0.15, 0.2) is 34.9 Å². The highest BCUT2D eigenvalue weighted by molar-refractivity contribution is 9.10. The van der Waals surface area contributed by atoms with Crippen LogP contribution in [0.4, 0.5) is 20.4 Å². The zero-order valence-electron chi connectivity index (χ0n) is 12.6. The van der Waals surface area contributed by atoms with Crippen molar-refractivity contribution in [2.24, 2.45) is 0 Å². The molecule has 124 valence electrons. The number of benzene rings is 1. The van der Waals surface area contributed by atoms with Crippen molar-refractivity contribution in [3.8, 4) is 0 Å². The number of nitrogens with zero attached hydrogens (tertiary/aromatic N) is 4. The van der Waals surface area contributed by atoms with Gasteiger partial charge in [-0.2, -0.15) is 0 Å². The lowest BCUT2D eigenvalue weighted by atomic mass is 10.0. The molecule has 0 spiro atoms. The van der Waals surface area contributed by atoms with E-state index in [2.05, 4.69) is 26.0 Å². The fourth-order valence-electron chi connectivity index (χ4n) is 3.20. The summed E-state index contributed by atoms with van der Waals surface area (Å²) in [5.74, 6) is 0.209. The second kappa shape index (κ2) is 5.70. The predicted octanol–water partition coefficient (Wildman–Crippen LogP) is 3.69. The lowest BCUT2D eigenvalue weighted by molar-refractivity contribution is 0.560. The molecule has 1 atom stereocenters. The first-order valence-electron chi connectivity index (χ1n) is 7.56. The molecule has 2 N–H and O–H groups in total. The quantitative estimate of drug-likeness (QED) is 0.720. The number of hydrogen-bond acceptors (Lipinski definition) is 4. The van der Waals surface area contributed by atoms with Crippen LogP contribution in [-0.4, -0.2) is 21.1 Å². The first kappa shape index (κ1) is 15.3. The Morgan fingerprint density at radius 1 is 1.25 bits per heavy atom. The summed E-state index contributed by atoms with van der Waals surface area (Å²) in [5.41, 5.74) is 6.74. The van der Waals surface area contributed by atoms with Crippen molar-refractivity contribution in [3.63, 3.8) is 0 Å². The number of fused-ring (bicyclic) bond motifs is 1. The van der Waals surface area contributed by atoms with Crippen LogP contribution in [-0.2, 0) is 0 Å². The van der Waals surface area contributed by atoms with Crippen LogP contribution in [0.3, 0.4) is 0 Å². The van der Waals surface area contributed by atoms with Gasteiger partial charge in [0.15, 0.2) is 11.5 Å². The van der Waals surface area contributed by atoms with E-state index in [0.29, 0.717) is 27.3 Å². The third-order valence-corrected chi connectivity index (χ3v) is 5.06. The van der Waals surface area contributed by atoms with E-state index >= 15 is 0 Å². The number of hydrogen-bond donors (Lipinski definition) is 1. The van der Waals surface area contributed by atoms with Crippen LogP contribution in [0.1, 0.15) is 24.4 Å². The molecule has 3 heterocycles. The molecular weight excluding hydrogens is 380 g/mol. The number of rotatable bonds is 2. The van der Waals surface area contributed by atoms with Crippen molar-refractivity contribution in [1.82, 2.24) is 14.6 Å². The van der Waals surface area contributed by atoms with Crippen molar-refractivity contribution < 1.29 is 8.78 Å². The summed E-state index contributed by atoms with van der Waals surface area (Å²) in [6, 6.07) is 5.14. The van der Waals surface area contributed by atoms with Crippen LogP contribution in [0, 0.1) is 11.6 Å². The summed E-state index contributed by atoms with van der Waals surface area (Å²) in [4.78, 5) is 6.58. The molecule has 0 bridgehead atoms. The topological polar surface area (TPSA) is 59.4 Å². The molecule has 0 saturated carbocycles. The minimum atomic E-state index is -0.437. The van der Waals surface area contributed by atoms with Crippen LogP contribution in [0.2, 0.25) is 0 Å². The maximum Gasteiger partial charge on any atom is 0.173 e. The Bertz CT molecular complexity index is 926. The number of nitrogen functional groups attached to an aromatic ring is 1. The summed E-state index contributed by atoms with van der Waals surface area (Å²) < 4.78 is 29.9. The van der Waals surface area contributed by atoms with Gasteiger partial charge in [0.1, 0.15) is 21.9 Å². The average molecular weight is 394 g/mol. The number of aromatic nitrogens is 3. The minimum Gasteiger partial charge on any atom is -0.381 e. The minimum absolute atomic E-state index is 0.241. The van der Waals surface area contributed by atoms with E-state index in [-0.39, 0.29) is 6.04 Å². The van der Waals surface area contributed by atoms with E-state index in [1.54, 1.807) is 16.8 Å². The molecule has 8 heteroatoms. The SMILES string of the molecule is Nc1nn2ccc(N3CCC[C@@H]3c3cc(F)ccc3F)nc2c1Br. The van der Waals surface area contributed by atoms with Gasteiger partial charge in [0.05, 0.1) is 6.04 Å². The fraction of sp³-hybridized carbons (Fsp3) is 0.250. The molecule has 5 nitrogen and oxygen atoms in total. The van der Waals surface area contributed by atoms with Gasteiger partial charge < -0.3 is 10.6 Å². The van der Waals surface area contributed by atoms with Gasteiger partial charge in [-0.1, -0.05) is 0 Å². The van der Waals surface area contributed by atoms with Crippen molar-refractivity contribution in [1.29, 1.82) is 0 Å². The molecule has 1 aromatic carbocycles. The van der Waals surface area contributed by atoms with Crippen molar-refractivity contribution >= 4 is 33.2 Å². The highest BCUT2D eigenvalue weighted by Gasteiger charge is 2.30.